The Balaban J connectivity index is 1.55. The summed E-state index contributed by atoms with van der Waals surface area (Å²) in [6, 6.07) is 18.5. The number of carbonyl (C=O) groups excluding carboxylic acids is 1. The fourth-order valence-corrected chi connectivity index (χ4v) is 3.58. The molecular formula is C21H22N2OS. The number of nitrogens with one attached hydrogen (secondary N) is 1. The van der Waals surface area contributed by atoms with E-state index in [4.69, 9.17) is 4.98 Å². The van der Waals surface area contributed by atoms with Gasteiger partial charge in [0.05, 0.1) is 16.3 Å². The molecule has 3 rings (SSSR count). The van der Waals surface area contributed by atoms with E-state index < -0.39 is 0 Å². The van der Waals surface area contributed by atoms with Gasteiger partial charge in [0.25, 0.3) is 0 Å². The summed E-state index contributed by atoms with van der Waals surface area (Å²) >= 11 is 1.49. The third-order valence-electron chi connectivity index (χ3n) is 4.15. The molecule has 0 unspecified atom stereocenters. The van der Waals surface area contributed by atoms with Gasteiger partial charge in [-0.25, -0.2) is 4.98 Å². The second-order valence-corrected chi connectivity index (χ2v) is 7.12. The van der Waals surface area contributed by atoms with E-state index in [2.05, 4.69) is 55.6 Å². The highest BCUT2D eigenvalue weighted by Gasteiger charge is 2.08. The summed E-state index contributed by atoms with van der Waals surface area (Å²) in [5.74, 6) is 0.434. The lowest BCUT2D eigenvalue weighted by atomic mass is 10.1. The van der Waals surface area contributed by atoms with E-state index in [0.717, 1.165) is 22.5 Å². The van der Waals surface area contributed by atoms with Gasteiger partial charge < -0.3 is 5.32 Å². The van der Waals surface area contributed by atoms with Crippen LogP contribution in [0.25, 0.3) is 10.9 Å². The van der Waals surface area contributed by atoms with E-state index >= 15 is 0 Å². The number of aryl methyl sites for hydroxylation is 2. The quantitative estimate of drug-likeness (QED) is 0.674. The topological polar surface area (TPSA) is 42.0 Å². The Hall–Kier alpha value is -2.33. The normalized spacial score (nSPS) is 10.8. The highest BCUT2D eigenvalue weighted by Crippen LogP contribution is 2.25. The molecule has 0 aliphatic rings. The monoisotopic (exact) mass is 350 g/mol. The fourth-order valence-electron chi connectivity index (χ4n) is 2.79. The molecule has 0 radical (unpaired) electrons. The lowest BCUT2D eigenvalue weighted by Gasteiger charge is -2.09. The molecule has 128 valence electrons. The number of hydrogen-bond acceptors (Lipinski definition) is 3. The first-order valence-corrected chi connectivity index (χ1v) is 9.42. The molecule has 1 N–H and O–H groups in total. The van der Waals surface area contributed by atoms with Crippen LogP contribution in [0.2, 0.25) is 0 Å². The van der Waals surface area contributed by atoms with Crippen molar-refractivity contribution in [1.29, 1.82) is 0 Å². The standard InChI is InChI=1S/C21H22N2OS/c1-15-7-6-10-18-16(2)13-20(23-21(15)18)25-14-19(24)22-12-11-17-8-4-3-5-9-17/h3-10,13H,11-12,14H2,1-2H3,(H,22,24). The zero-order valence-electron chi connectivity index (χ0n) is 14.6. The molecule has 3 nitrogen and oxygen atoms in total. The molecule has 1 heterocycles. The van der Waals surface area contributed by atoms with E-state index in [1.165, 1.54) is 28.3 Å². The summed E-state index contributed by atoms with van der Waals surface area (Å²) < 4.78 is 0. The Bertz CT molecular complexity index is 878. The number of nitrogens with zero attached hydrogens (tertiary/aromatic N) is 1. The SMILES string of the molecule is Cc1cc(SCC(=O)NCCc2ccccc2)nc2c(C)cccc12. The summed E-state index contributed by atoms with van der Waals surface area (Å²) in [5.41, 5.74) is 4.61. The van der Waals surface area contributed by atoms with Gasteiger partial charge in [-0.2, -0.15) is 0 Å². The minimum absolute atomic E-state index is 0.0465. The molecule has 0 saturated heterocycles. The van der Waals surface area contributed by atoms with E-state index in [1.807, 2.05) is 18.2 Å². The molecule has 0 aliphatic carbocycles. The van der Waals surface area contributed by atoms with E-state index in [9.17, 15) is 4.79 Å². The second-order valence-electron chi connectivity index (χ2n) is 6.12. The molecule has 1 amide bonds. The van der Waals surface area contributed by atoms with Gasteiger partial charge in [0.2, 0.25) is 5.91 Å². The van der Waals surface area contributed by atoms with Crippen LogP contribution in [-0.4, -0.2) is 23.2 Å². The minimum Gasteiger partial charge on any atom is -0.355 e. The molecule has 0 saturated carbocycles. The molecule has 0 aliphatic heterocycles. The summed E-state index contributed by atoms with van der Waals surface area (Å²) in [5, 5.41) is 5.05. The van der Waals surface area contributed by atoms with Crippen molar-refractivity contribution < 1.29 is 4.79 Å². The molecule has 4 heteroatoms. The zero-order chi connectivity index (χ0) is 17.6. The van der Waals surface area contributed by atoms with E-state index in [1.54, 1.807) is 0 Å². The summed E-state index contributed by atoms with van der Waals surface area (Å²) in [6.07, 6.45) is 0.851. The van der Waals surface area contributed by atoms with E-state index in [0.29, 0.717) is 12.3 Å². The van der Waals surface area contributed by atoms with E-state index in [-0.39, 0.29) is 5.91 Å². The van der Waals surface area contributed by atoms with Crippen molar-refractivity contribution in [2.45, 2.75) is 25.3 Å². The molecular weight excluding hydrogens is 328 g/mol. The first-order valence-electron chi connectivity index (χ1n) is 8.44. The van der Waals surface area contributed by atoms with Crippen molar-refractivity contribution in [3.8, 4) is 0 Å². The van der Waals surface area contributed by atoms with Crippen LogP contribution in [0.1, 0.15) is 16.7 Å². The van der Waals surface area contributed by atoms with Gasteiger partial charge in [-0.3, -0.25) is 4.79 Å². The Morgan fingerprint density at radius 3 is 2.64 bits per heavy atom. The third-order valence-corrected chi connectivity index (χ3v) is 5.07. The van der Waals surface area contributed by atoms with Gasteiger partial charge in [0.1, 0.15) is 0 Å². The van der Waals surface area contributed by atoms with Crippen LogP contribution in [-0.2, 0) is 11.2 Å². The Morgan fingerprint density at radius 2 is 1.84 bits per heavy atom. The van der Waals surface area contributed by atoms with Crippen LogP contribution < -0.4 is 5.32 Å². The summed E-state index contributed by atoms with van der Waals surface area (Å²) in [4.78, 5) is 16.8. The predicted octanol–water partition coefficient (Wildman–Crippen LogP) is 4.30. The first-order chi connectivity index (χ1) is 12.1. The fraction of sp³-hybridized carbons (Fsp3) is 0.238. The van der Waals surface area contributed by atoms with Crippen LogP contribution in [0.4, 0.5) is 0 Å². The Labute approximate surface area is 152 Å². The summed E-state index contributed by atoms with van der Waals surface area (Å²) in [7, 11) is 0. The van der Waals surface area contributed by atoms with Crippen molar-refractivity contribution in [2.24, 2.45) is 0 Å². The molecule has 1 aromatic heterocycles. The van der Waals surface area contributed by atoms with Crippen LogP contribution in [0.5, 0.6) is 0 Å². The van der Waals surface area contributed by atoms with Gasteiger partial charge >= 0.3 is 0 Å². The number of para-hydroxylation sites is 1. The van der Waals surface area contributed by atoms with Crippen molar-refractivity contribution in [3.05, 3.63) is 71.3 Å². The maximum atomic E-state index is 12.1. The average Bonchev–Trinajstić information content (AvgIpc) is 2.62. The van der Waals surface area contributed by atoms with Crippen molar-refractivity contribution in [1.82, 2.24) is 10.3 Å². The number of benzene rings is 2. The number of rotatable bonds is 6. The molecule has 0 fully saturated rings. The highest BCUT2D eigenvalue weighted by molar-refractivity contribution is 7.99. The zero-order valence-corrected chi connectivity index (χ0v) is 15.4. The average molecular weight is 350 g/mol. The Kier molecular flexibility index (Phi) is 5.71. The van der Waals surface area contributed by atoms with Crippen molar-refractivity contribution in [3.63, 3.8) is 0 Å². The summed E-state index contributed by atoms with van der Waals surface area (Å²) in [6.45, 7) is 4.82. The van der Waals surface area contributed by atoms with Crippen LogP contribution >= 0.6 is 11.8 Å². The number of aromatic nitrogens is 1. The smallest absolute Gasteiger partial charge is 0.230 e. The van der Waals surface area contributed by atoms with Crippen LogP contribution in [0, 0.1) is 13.8 Å². The number of hydrogen-bond donors (Lipinski definition) is 1. The van der Waals surface area contributed by atoms with Gasteiger partial charge in [0, 0.05) is 11.9 Å². The number of fused-ring (bicyclic) bond motifs is 1. The first kappa shape index (κ1) is 17.5. The van der Waals surface area contributed by atoms with Gasteiger partial charge in [-0.05, 0) is 43.0 Å². The van der Waals surface area contributed by atoms with Crippen molar-refractivity contribution in [2.75, 3.05) is 12.3 Å². The minimum atomic E-state index is 0.0465. The molecule has 3 aromatic rings. The second kappa shape index (κ2) is 8.17. The molecule has 0 bridgehead atoms. The number of carbonyl (C=O) groups is 1. The number of amides is 1. The molecule has 2 aromatic carbocycles. The largest absolute Gasteiger partial charge is 0.355 e. The van der Waals surface area contributed by atoms with Crippen LogP contribution in [0.3, 0.4) is 0 Å². The number of thioether (sulfide) groups is 1. The maximum absolute atomic E-state index is 12.1. The Morgan fingerprint density at radius 1 is 1.04 bits per heavy atom. The van der Waals surface area contributed by atoms with Gasteiger partial charge in [-0.15, -0.1) is 0 Å². The maximum Gasteiger partial charge on any atom is 0.230 e. The van der Waals surface area contributed by atoms with Crippen LogP contribution in [0.15, 0.2) is 59.6 Å². The molecule has 0 spiro atoms. The predicted molar refractivity (Wildman–Crippen MR) is 105 cm³/mol. The van der Waals surface area contributed by atoms with Gasteiger partial charge in [-0.1, -0.05) is 60.3 Å². The molecule has 0 atom stereocenters. The van der Waals surface area contributed by atoms with Gasteiger partial charge in [0.15, 0.2) is 0 Å². The highest BCUT2D eigenvalue weighted by atomic mass is 32.2. The third kappa shape index (κ3) is 4.60. The number of pyridine rings is 1. The molecule has 25 heavy (non-hydrogen) atoms. The lowest BCUT2D eigenvalue weighted by Crippen LogP contribution is -2.27. The lowest BCUT2D eigenvalue weighted by molar-refractivity contribution is -0.118. The van der Waals surface area contributed by atoms with Crippen molar-refractivity contribution >= 4 is 28.6 Å².